The zero-order valence-electron chi connectivity index (χ0n) is 10.9. The van der Waals surface area contributed by atoms with E-state index < -0.39 is 23.4 Å². The molecule has 1 atom stereocenters. The van der Waals surface area contributed by atoms with Crippen LogP contribution in [0.3, 0.4) is 0 Å². The van der Waals surface area contributed by atoms with Gasteiger partial charge in [-0.1, -0.05) is 6.92 Å². The molecule has 1 heterocycles. The molecule has 1 aliphatic rings. The van der Waals surface area contributed by atoms with Crippen LogP contribution in [0.25, 0.3) is 0 Å². The van der Waals surface area contributed by atoms with E-state index in [1.54, 1.807) is 6.92 Å². The summed E-state index contributed by atoms with van der Waals surface area (Å²) in [6, 6.07) is -1.14. The third-order valence-corrected chi connectivity index (χ3v) is 3.51. The number of amides is 1. The van der Waals surface area contributed by atoms with E-state index in [4.69, 9.17) is 10.2 Å². The van der Waals surface area contributed by atoms with Gasteiger partial charge in [-0.3, -0.25) is 9.59 Å². The Morgan fingerprint density at radius 3 is 2.32 bits per heavy atom. The maximum atomic E-state index is 12.1. The van der Waals surface area contributed by atoms with Crippen molar-refractivity contribution < 1.29 is 24.6 Å². The van der Waals surface area contributed by atoms with Crippen molar-refractivity contribution in [2.75, 3.05) is 13.1 Å². The zero-order valence-corrected chi connectivity index (χ0v) is 10.9. The van der Waals surface area contributed by atoms with Gasteiger partial charge in [0.15, 0.2) is 0 Å². The van der Waals surface area contributed by atoms with Gasteiger partial charge in [-0.15, -0.1) is 0 Å². The van der Waals surface area contributed by atoms with Gasteiger partial charge in [0.2, 0.25) is 5.91 Å². The van der Waals surface area contributed by atoms with Crippen LogP contribution in [0.5, 0.6) is 0 Å². The van der Waals surface area contributed by atoms with E-state index in [9.17, 15) is 14.4 Å². The molecule has 1 aliphatic heterocycles. The van der Waals surface area contributed by atoms with Crippen LogP contribution in [0.2, 0.25) is 0 Å². The Kier molecular flexibility index (Phi) is 5.29. The number of carbonyl (C=O) groups is 3. The lowest BCUT2D eigenvalue weighted by molar-refractivity contribution is -0.145. The van der Waals surface area contributed by atoms with Crippen LogP contribution in [0.4, 0.5) is 0 Å². The largest absolute Gasteiger partial charge is 0.481 e. The van der Waals surface area contributed by atoms with Crippen LogP contribution >= 0.6 is 0 Å². The number of rotatable bonds is 6. The standard InChI is InChI=1S/C12H20N2O5/c1-12(4-6-13-7-5-12)11(19)14-8(10(17)18)2-3-9(15)16/h8,13H,2-7H2,1H3,(H,14,19)(H,15,16)(H,17,18)/t8-/m0/s1. The first kappa shape index (κ1) is 15.4. The maximum Gasteiger partial charge on any atom is 0.326 e. The summed E-state index contributed by atoms with van der Waals surface area (Å²) < 4.78 is 0. The molecule has 0 spiro atoms. The van der Waals surface area contributed by atoms with E-state index in [-0.39, 0.29) is 18.7 Å². The number of carbonyl (C=O) groups excluding carboxylic acids is 1. The number of hydrogen-bond donors (Lipinski definition) is 4. The number of carboxylic acid groups (broad SMARTS) is 2. The molecule has 19 heavy (non-hydrogen) atoms. The lowest BCUT2D eigenvalue weighted by Crippen LogP contribution is -2.51. The first-order chi connectivity index (χ1) is 8.85. The topological polar surface area (TPSA) is 116 Å². The highest BCUT2D eigenvalue weighted by atomic mass is 16.4. The molecular weight excluding hydrogens is 252 g/mol. The average Bonchev–Trinajstić information content (AvgIpc) is 2.34. The minimum Gasteiger partial charge on any atom is -0.481 e. The van der Waals surface area contributed by atoms with Gasteiger partial charge in [0.05, 0.1) is 0 Å². The van der Waals surface area contributed by atoms with E-state index in [2.05, 4.69) is 10.6 Å². The molecule has 7 heteroatoms. The van der Waals surface area contributed by atoms with Crippen molar-refractivity contribution >= 4 is 17.8 Å². The molecular formula is C12H20N2O5. The molecule has 0 aromatic carbocycles. The fourth-order valence-corrected chi connectivity index (χ4v) is 2.06. The summed E-state index contributed by atoms with van der Waals surface area (Å²) in [6.07, 6.45) is 0.897. The Hall–Kier alpha value is -1.63. The predicted octanol–water partition coefficient (Wildman–Crippen LogP) is -0.190. The number of carboxylic acids is 2. The fraction of sp³-hybridized carbons (Fsp3) is 0.750. The second-order valence-corrected chi connectivity index (χ2v) is 5.11. The van der Waals surface area contributed by atoms with Crippen molar-refractivity contribution in [2.45, 2.75) is 38.6 Å². The molecule has 0 saturated carbocycles. The zero-order chi connectivity index (χ0) is 14.5. The summed E-state index contributed by atoms with van der Waals surface area (Å²) in [6.45, 7) is 3.24. The molecule has 1 fully saturated rings. The predicted molar refractivity (Wildman–Crippen MR) is 66.6 cm³/mol. The van der Waals surface area contributed by atoms with Crippen molar-refractivity contribution in [1.29, 1.82) is 0 Å². The van der Waals surface area contributed by atoms with Gasteiger partial charge >= 0.3 is 11.9 Å². The summed E-state index contributed by atoms with van der Waals surface area (Å²) in [7, 11) is 0. The quantitative estimate of drug-likeness (QED) is 0.532. The van der Waals surface area contributed by atoms with Crippen LogP contribution in [0.1, 0.15) is 32.6 Å². The molecule has 0 radical (unpaired) electrons. The molecule has 0 aromatic heterocycles. The Morgan fingerprint density at radius 1 is 1.26 bits per heavy atom. The molecule has 1 amide bonds. The Morgan fingerprint density at radius 2 is 1.84 bits per heavy atom. The Bertz CT molecular complexity index is 363. The third kappa shape index (κ3) is 4.51. The molecule has 0 aromatic rings. The maximum absolute atomic E-state index is 12.1. The van der Waals surface area contributed by atoms with E-state index in [0.717, 1.165) is 13.1 Å². The number of aliphatic carboxylic acids is 2. The minimum atomic E-state index is -1.20. The van der Waals surface area contributed by atoms with Gasteiger partial charge in [-0.05, 0) is 32.4 Å². The molecule has 1 saturated heterocycles. The summed E-state index contributed by atoms with van der Waals surface area (Å²) in [4.78, 5) is 33.6. The second kappa shape index (κ2) is 6.51. The summed E-state index contributed by atoms with van der Waals surface area (Å²) in [5, 5.41) is 23.2. The van der Waals surface area contributed by atoms with Crippen molar-refractivity contribution in [1.82, 2.24) is 10.6 Å². The van der Waals surface area contributed by atoms with Crippen LogP contribution in [-0.4, -0.2) is 47.2 Å². The molecule has 108 valence electrons. The van der Waals surface area contributed by atoms with Crippen molar-refractivity contribution in [2.24, 2.45) is 5.41 Å². The smallest absolute Gasteiger partial charge is 0.326 e. The Balaban J connectivity index is 2.59. The van der Waals surface area contributed by atoms with Gasteiger partial charge in [-0.25, -0.2) is 4.79 Å². The van der Waals surface area contributed by atoms with Gasteiger partial charge < -0.3 is 20.8 Å². The fourth-order valence-electron chi connectivity index (χ4n) is 2.06. The highest BCUT2D eigenvalue weighted by molar-refractivity contribution is 5.87. The van der Waals surface area contributed by atoms with Crippen LogP contribution in [0.15, 0.2) is 0 Å². The average molecular weight is 272 g/mol. The van der Waals surface area contributed by atoms with Gasteiger partial charge in [0, 0.05) is 11.8 Å². The molecule has 1 rings (SSSR count). The van der Waals surface area contributed by atoms with Crippen LogP contribution in [0, 0.1) is 5.41 Å². The van der Waals surface area contributed by atoms with Gasteiger partial charge in [0.1, 0.15) is 6.04 Å². The highest BCUT2D eigenvalue weighted by Gasteiger charge is 2.36. The van der Waals surface area contributed by atoms with Gasteiger partial charge in [-0.2, -0.15) is 0 Å². The van der Waals surface area contributed by atoms with Crippen molar-refractivity contribution in [3.63, 3.8) is 0 Å². The normalized spacial score (nSPS) is 19.4. The highest BCUT2D eigenvalue weighted by Crippen LogP contribution is 2.28. The molecule has 0 unspecified atom stereocenters. The van der Waals surface area contributed by atoms with E-state index in [1.165, 1.54) is 0 Å². The summed E-state index contributed by atoms with van der Waals surface area (Å²) >= 11 is 0. The molecule has 0 bridgehead atoms. The monoisotopic (exact) mass is 272 g/mol. The van der Waals surface area contributed by atoms with Crippen molar-refractivity contribution in [3.05, 3.63) is 0 Å². The summed E-state index contributed by atoms with van der Waals surface area (Å²) in [5.74, 6) is -2.59. The summed E-state index contributed by atoms with van der Waals surface area (Å²) in [5.41, 5.74) is -0.581. The third-order valence-electron chi connectivity index (χ3n) is 3.51. The van der Waals surface area contributed by atoms with E-state index in [0.29, 0.717) is 12.8 Å². The molecule has 0 aliphatic carbocycles. The molecule has 7 nitrogen and oxygen atoms in total. The van der Waals surface area contributed by atoms with Crippen molar-refractivity contribution in [3.8, 4) is 0 Å². The Labute approximate surface area is 111 Å². The van der Waals surface area contributed by atoms with E-state index >= 15 is 0 Å². The molecule has 4 N–H and O–H groups in total. The first-order valence-electron chi connectivity index (χ1n) is 6.31. The van der Waals surface area contributed by atoms with E-state index in [1.807, 2.05) is 0 Å². The van der Waals surface area contributed by atoms with Gasteiger partial charge in [0.25, 0.3) is 0 Å². The number of nitrogens with one attached hydrogen (secondary N) is 2. The minimum absolute atomic E-state index is 0.106. The van der Waals surface area contributed by atoms with Crippen LogP contribution in [-0.2, 0) is 14.4 Å². The van der Waals surface area contributed by atoms with Crippen LogP contribution < -0.4 is 10.6 Å². The second-order valence-electron chi connectivity index (χ2n) is 5.11. The lowest BCUT2D eigenvalue weighted by atomic mass is 9.80. The first-order valence-corrected chi connectivity index (χ1v) is 6.31. The lowest BCUT2D eigenvalue weighted by Gasteiger charge is -2.33. The number of hydrogen-bond acceptors (Lipinski definition) is 4. The number of piperidine rings is 1. The SMILES string of the molecule is CC1(C(=O)N[C@@H](CCC(=O)O)C(=O)O)CCNCC1.